The predicted molar refractivity (Wildman–Crippen MR) is 89.8 cm³/mol. The van der Waals surface area contributed by atoms with Gasteiger partial charge in [-0.1, -0.05) is 19.3 Å². The molecule has 0 radical (unpaired) electrons. The zero-order chi connectivity index (χ0) is 16.3. The molecule has 0 aromatic rings. The van der Waals surface area contributed by atoms with Gasteiger partial charge in [0, 0.05) is 31.6 Å². The Balaban J connectivity index is 0.00000208. The standard InChI is InChI=1S/C16H27F2N3O2.ClH/c17-16(18)10-13(19-12-16)14(22)20-11-15(4-2-1-3-5-15)21-6-8-23-9-7-21;/h13,19H,1-12H2,(H,20,22);1H. The van der Waals surface area contributed by atoms with E-state index in [-0.39, 0.29) is 23.9 Å². The van der Waals surface area contributed by atoms with Crippen LogP contribution < -0.4 is 10.6 Å². The Hall–Kier alpha value is -0.500. The summed E-state index contributed by atoms with van der Waals surface area (Å²) in [6.07, 6.45) is 5.27. The summed E-state index contributed by atoms with van der Waals surface area (Å²) in [6.45, 7) is 3.37. The second-order valence-corrected chi connectivity index (χ2v) is 7.10. The minimum absolute atomic E-state index is 0. The number of hydrogen-bond donors (Lipinski definition) is 2. The Morgan fingerprint density at radius 2 is 1.88 bits per heavy atom. The average Bonchev–Trinajstić information content (AvgIpc) is 2.94. The Kier molecular flexibility index (Phi) is 6.82. The van der Waals surface area contributed by atoms with E-state index in [0.29, 0.717) is 6.54 Å². The third-order valence-electron chi connectivity index (χ3n) is 5.48. The van der Waals surface area contributed by atoms with Crippen LogP contribution in [0, 0.1) is 0 Å². The van der Waals surface area contributed by atoms with Gasteiger partial charge in [-0.3, -0.25) is 15.0 Å². The van der Waals surface area contributed by atoms with Crippen molar-refractivity contribution in [3.05, 3.63) is 0 Å². The number of nitrogens with one attached hydrogen (secondary N) is 2. The lowest BCUT2D eigenvalue weighted by molar-refractivity contribution is -0.124. The number of alkyl halides is 2. The van der Waals surface area contributed by atoms with E-state index >= 15 is 0 Å². The predicted octanol–water partition coefficient (Wildman–Crippen LogP) is 1.56. The zero-order valence-electron chi connectivity index (χ0n) is 14.0. The lowest BCUT2D eigenvalue weighted by Gasteiger charge is -2.48. The van der Waals surface area contributed by atoms with Crippen LogP contribution in [0.2, 0.25) is 0 Å². The van der Waals surface area contributed by atoms with Gasteiger partial charge in [-0.2, -0.15) is 0 Å². The van der Waals surface area contributed by atoms with Crippen molar-refractivity contribution in [2.24, 2.45) is 0 Å². The van der Waals surface area contributed by atoms with E-state index in [1.165, 1.54) is 6.42 Å². The summed E-state index contributed by atoms with van der Waals surface area (Å²) >= 11 is 0. The Morgan fingerprint density at radius 3 is 2.46 bits per heavy atom. The Labute approximate surface area is 148 Å². The summed E-state index contributed by atoms with van der Waals surface area (Å²) in [6, 6.07) is -0.768. The van der Waals surface area contributed by atoms with Crippen LogP contribution in [-0.4, -0.2) is 67.7 Å². The third-order valence-corrected chi connectivity index (χ3v) is 5.48. The van der Waals surface area contributed by atoms with Crippen molar-refractivity contribution in [2.75, 3.05) is 39.4 Å². The molecule has 2 heterocycles. The molecule has 8 heteroatoms. The molecular weight excluding hydrogens is 340 g/mol. The monoisotopic (exact) mass is 367 g/mol. The number of morpholine rings is 1. The van der Waals surface area contributed by atoms with Gasteiger partial charge in [-0.15, -0.1) is 12.4 Å². The second-order valence-electron chi connectivity index (χ2n) is 7.10. The molecule has 2 N–H and O–H groups in total. The fourth-order valence-corrected chi connectivity index (χ4v) is 4.13. The molecule has 3 rings (SSSR count). The largest absolute Gasteiger partial charge is 0.379 e. The van der Waals surface area contributed by atoms with E-state index in [0.717, 1.165) is 52.0 Å². The number of halogens is 3. The summed E-state index contributed by atoms with van der Waals surface area (Å²) in [5.74, 6) is -3.06. The first-order valence-electron chi connectivity index (χ1n) is 8.73. The first-order chi connectivity index (χ1) is 11.0. The van der Waals surface area contributed by atoms with Crippen molar-refractivity contribution in [3.63, 3.8) is 0 Å². The van der Waals surface area contributed by atoms with Gasteiger partial charge in [0.2, 0.25) is 5.91 Å². The SMILES string of the molecule is Cl.O=C(NCC1(N2CCOCC2)CCCCC1)C1CC(F)(F)CN1. The minimum Gasteiger partial charge on any atom is -0.379 e. The van der Waals surface area contributed by atoms with E-state index in [1.54, 1.807) is 0 Å². The molecule has 140 valence electrons. The summed E-state index contributed by atoms with van der Waals surface area (Å²) in [4.78, 5) is 14.7. The molecule has 3 fully saturated rings. The molecule has 0 aromatic carbocycles. The fraction of sp³-hybridized carbons (Fsp3) is 0.938. The van der Waals surface area contributed by atoms with Crippen LogP contribution in [0.25, 0.3) is 0 Å². The summed E-state index contributed by atoms with van der Waals surface area (Å²) < 4.78 is 31.9. The van der Waals surface area contributed by atoms with Crippen LogP contribution in [-0.2, 0) is 9.53 Å². The molecule has 5 nitrogen and oxygen atoms in total. The molecule has 0 spiro atoms. The highest BCUT2D eigenvalue weighted by molar-refractivity contribution is 5.85. The van der Waals surface area contributed by atoms with Crippen molar-refractivity contribution in [3.8, 4) is 0 Å². The Morgan fingerprint density at radius 1 is 1.21 bits per heavy atom. The number of carbonyl (C=O) groups is 1. The molecule has 1 saturated carbocycles. The normalized spacial score (nSPS) is 29.7. The van der Waals surface area contributed by atoms with Crippen LogP contribution in [0.5, 0.6) is 0 Å². The van der Waals surface area contributed by atoms with Crippen LogP contribution in [0.1, 0.15) is 38.5 Å². The molecule has 24 heavy (non-hydrogen) atoms. The smallest absolute Gasteiger partial charge is 0.262 e. The van der Waals surface area contributed by atoms with Gasteiger partial charge in [0.05, 0.1) is 25.8 Å². The number of nitrogens with zero attached hydrogens (tertiary/aromatic N) is 1. The van der Waals surface area contributed by atoms with Crippen LogP contribution in [0.15, 0.2) is 0 Å². The van der Waals surface area contributed by atoms with Gasteiger partial charge in [0.25, 0.3) is 5.92 Å². The lowest BCUT2D eigenvalue weighted by Crippen LogP contribution is -2.60. The van der Waals surface area contributed by atoms with Crippen molar-refractivity contribution in [2.45, 2.75) is 56.0 Å². The molecule has 2 saturated heterocycles. The van der Waals surface area contributed by atoms with Crippen molar-refractivity contribution >= 4 is 18.3 Å². The molecule has 1 atom stereocenters. The molecule has 2 aliphatic heterocycles. The number of ether oxygens (including phenoxy) is 1. The topological polar surface area (TPSA) is 53.6 Å². The molecule has 1 amide bonds. The molecular formula is C16H28ClF2N3O2. The highest BCUT2D eigenvalue weighted by atomic mass is 35.5. The van der Waals surface area contributed by atoms with Crippen molar-refractivity contribution in [1.82, 2.24) is 15.5 Å². The van der Waals surface area contributed by atoms with E-state index < -0.39 is 24.9 Å². The van der Waals surface area contributed by atoms with E-state index in [9.17, 15) is 13.6 Å². The first kappa shape index (κ1) is 19.8. The van der Waals surface area contributed by atoms with E-state index in [4.69, 9.17) is 4.74 Å². The molecule has 0 aromatic heterocycles. The summed E-state index contributed by atoms with van der Waals surface area (Å²) in [5.41, 5.74) is -0.0290. The number of amides is 1. The van der Waals surface area contributed by atoms with Crippen LogP contribution in [0.3, 0.4) is 0 Å². The maximum absolute atomic E-state index is 13.3. The number of hydrogen-bond acceptors (Lipinski definition) is 4. The average molecular weight is 368 g/mol. The van der Waals surface area contributed by atoms with Crippen molar-refractivity contribution in [1.29, 1.82) is 0 Å². The highest BCUT2D eigenvalue weighted by Gasteiger charge is 2.44. The molecule has 0 bridgehead atoms. The maximum Gasteiger partial charge on any atom is 0.262 e. The van der Waals surface area contributed by atoms with Crippen LogP contribution >= 0.6 is 12.4 Å². The van der Waals surface area contributed by atoms with Crippen molar-refractivity contribution < 1.29 is 18.3 Å². The lowest BCUT2D eigenvalue weighted by atomic mass is 9.79. The summed E-state index contributed by atoms with van der Waals surface area (Å²) in [7, 11) is 0. The first-order valence-corrected chi connectivity index (χ1v) is 8.73. The van der Waals surface area contributed by atoms with Gasteiger partial charge in [0.1, 0.15) is 0 Å². The number of rotatable bonds is 4. The van der Waals surface area contributed by atoms with Crippen LogP contribution in [0.4, 0.5) is 8.78 Å². The molecule has 3 aliphatic rings. The second kappa shape index (κ2) is 8.25. The molecule has 1 unspecified atom stereocenters. The Bertz CT molecular complexity index is 428. The fourth-order valence-electron chi connectivity index (χ4n) is 4.13. The maximum atomic E-state index is 13.3. The van der Waals surface area contributed by atoms with Gasteiger partial charge in [-0.05, 0) is 12.8 Å². The summed E-state index contributed by atoms with van der Waals surface area (Å²) in [5, 5.41) is 5.58. The minimum atomic E-state index is -2.77. The zero-order valence-corrected chi connectivity index (χ0v) is 14.8. The quantitative estimate of drug-likeness (QED) is 0.791. The van der Waals surface area contributed by atoms with Gasteiger partial charge in [0.15, 0.2) is 0 Å². The third kappa shape index (κ3) is 4.56. The van der Waals surface area contributed by atoms with Gasteiger partial charge >= 0.3 is 0 Å². The highest BCUT2D eigenvalue weighted by Crippen LogP contribution is 2.34. The van der Waals surface area contributed by atoms with E-state index in [2.05, 4.69) is 15.5 Å². The molecule has 1 aliphatic carbocycles. The number of carbonyl (C=O) groups excluding carboxylic acids is 1. The van der Waals surface area contributed by atoms with E-state index in [1.807, 2.05) is 0 Å². The van der Waals surface area contributed by atoms with Gasteiger partial charge in [-0.25, -0.2) is 8.78 Å². The van der Waals surface area contributed by atoms with Gasteiger partial charge < -0.3 is 10.1 Å².